The highest BCUT2D eigenvalue weighted by atomic mass is 35.5. The molecule has 1 aromatic carbocycles. The SMILES string of the molecule is CC(C)(CCC(=O)O)NC(=O)CSc1ccc(Cl)cc1[N+](=O)[O-]. The second-order valence-corrected chi connectivity index (χ2v) is 6.94. The van der Waals surface area contributed by atoms with Crippen molar-refractivity contribution >= 4 is 40.9 Å². The number of amides is 1. The fraction of sp³-hybridized carbons (Fsp3) is 0.429. The predicted molar refractivity (Wildman–Crippen MR) is 87.9 cm³/mol. The van der Waals surface area contributed by atoms with Gasteiger partial charge in [-0.25, -0.2) is 0 Å². The molecule has 1 aromatic rings. The van der Waals surface area contributed by atoms with Gasteiger partial charge in [-0.15, -0.1) is 11.8 Å². The first kappa shape index (κ1) is 19.2. The number of nitro benzene ring substituents is 1. The minimum Gasteiger partial charge on any atom is -0.481 e. The van der Waals surface area contributed by atoms with Crippen LogP contribution in [0, 0.1) is 10.1 Å². The molecule has 0 saturated carbocycles. The van der Waals surface area contributed by atoms with Crippen molar-refractivity contribution in [2.45, 2.75) is 37.1 Å². The number of carbonyl (C=O) groups excluding carboxylic acids is 1. The number of halogens is 1. The van der Waals surface area contributed by atoms with Gasteiger partial charge in [0, 0.05) is 23.0 Å². The predicted octanol–water partition coefficient (Wildman–Crippen LogP) is 3.10. The summed E-state index contributed by atoms with van der Waals surface area (Å²) in [7, 11) is 0. The zero-order valence-electron chi connectivity index (χ0n) is 12.7. The summed E-state index contributed by atoms with van der Waals surface area (Å²) in [5, 5.41) is 22.6. The Hall–Kier alpha value is -1.80. The average Bonchev–Trinajstić information content (AvgIpc) is 2.43. The van der Waals surface area contributed by atoms with Crippen molar-refractivity contribution in [2.75, 3.05) is 5.75 Å². The second kappa shape index (κ2) is 8.16. The highest BCUT2D eigenvalue weighted by Gasteiger charge is 2.22. The van der Waals surface area contributed by atoms with Gasteiger partial charge in [0.15, 0.2) is 0 Å². The van der Waals surface area contributed by atoms with Crippen molar-refractivity contribution in [2.24, 2.45) is 0 Å². The van der Waals surface area contributed by atoms with Crippen LogP contribution in [0.5, 0.6) is 0 Å². The van der Waals surface area contributed by atoms with Crippen molar-refractivity contribution in [3.8, 4) is 0 Å². The number of hydrogen-bond acceptors (Lipinski definition) is 5. The molecule has 1 rings (SSSR count). The van der Waals surface area contributed by atoms with Gasteiger partial charge in [0.25, 0.3) is 5.69 Å². The van der Waals surface area contributed by atoms with E-state index < -0.39 is 16.4 Å². The number of nitrogens with one attached hydrogen (secondary N) is 1. The summed E-state index contributed by atoms with van der Waals surface area (Å²) in [5.74, 6) is -1.27. The van der Waals surface area contributed by atoms with Crippen LogP contribution in [0.1, 0.15) is 26.7 Å². The summed E-state index contributed by atoms with van der Waals surface area (Å²) in [4.78, 5) is 33.3. The average molecular weight is 361 g/mol. The van der Waals surface area contributed by atoms with E-state index in [1.54, 1.807) is 13.8 Å². The molecule has 2 N–H and O–H groups in total. The molecule has 0 radical (unpaired) electrons. The Kier molecular flexibility index (Phi) is 6.83. The maximum atomic E-state index is 11.9. The fourth-order valence-electron chi connectivity index (χ4n) is 1.79. The molecule has 0 aliphatic heterocycles. The highest BCUT2D eigenvalue weighted by Crippen LogP contribution is 2.31. The van der Waals surface area contributed by atoms with E-state index in [0.717, 1.165) is 11.8 Å². The molecular formula is C14H17ClN2O5S. The van der Waals surface area contributed by atoms with Gasteiger partial charge in [-0.05, 0) is 32.4 Å². The lowest BCUT2D eigenvalue weighted by Crippen LogP contribution is -2.44. The Morgan fingerprint density at radius 2 is 2.09 bits per heavy atom. The largest absolute Gasteiger partial charge is 0.481 e. The lowest BCUT2D eigenvalue weighted by Gasteiger charge is -2.25. The molecule has 0 unspecified atom stereocenters. The highest BCUT2D eigenvalue weighted by molar-refractivity contribution is 8.00. The third kappa shape index (κ3) is 6.87. The number of benzene rings is 1. The van der Waals surface area contributed by atoms with Crippen LogP contribution in [-0.2, 0) is 9.59 Å². The van der Waals surface area contributed by atoms with E-state index >= 15 is 0 Å². The van der Waals surface area contributed by atoms with Gasteiger partial charge in [-0.2, -0.15) is 0 Å². The summed E-state index contributed by atoms with van der Waals surface area (Å²) in [5.41, 5.74) is -0.817. The van der Waals surface area contributed by atoms with Crippen LogP contribution in [0.25, 0.3) is 0 Å². The Morgan fingerprint density at radius 1 is 1.43 bits per heavy atom. The van der Waals surface area contributed by atoms with Crippen LogP contribution in [0.4, 0.5) is 5.69 Å². The van der Waals surface area contributed by atoms with E-state index in [-0.39, 0.29) is 28.8 Å². The van der Waals surface area contributed by atoms with E-state index in [9.17, 15) is 19.7 Å². The molecule has 0 saturated heterocycles. The third-order valence-electron chi connectivity index (χ3n) is 2.92. The van der Waals surface area contributed by atoms with E-state index in [4.69, 9.17) is 16.7 Å². The van der Waals surface area contributed by atoms with Crippen molar-refractivity contribution < 1.29 is 19.6 Å². The van der Waals surface area contributed by atoms with Gasteiger partial charge in [0.2, 0.25) is 5.91 Å². The van der Waals surface area contributed by atoms with Crippen LogP contribution in [0.2, 0.25) is 5.02 Å². The first-order valence-corrected chi connectivity index (χ1v) is 8.06. The fourth-order valence-corrected chi connectivity index (χ4v) is 2.76. The van der Waals surface area contributed by atoms with Crippen molar-refractivity contribution in [1.82, 2.24) is 5.32 Å². The lowest BCUT2D eigenvalue weighted by atomic mass is 9.98. The van der Waals surface area contributed by atoms with Gasteiger partial charge in [0.05, 0.1) is 15.6 Å². The molecule has 0 bridgehead atoms. The number of aliphatic carboxylic acids is 1. The zero-order chi connectivity index (χ0) is 17.6. The second-order valence-electron chi connectivity index (χ2n) is 5.48. The Morgan fingerprint density at radius 3 is 2.65 bits per heavy atom. The molecule has 0 spiro atoms. The first-order valence-electron chi connectivity index (χ1n) is 6.70. The van der Waals surface area contributed by atoms with Crippen molar-refractivity contribution in [3.63, 3.8) is 0 Å². The van der Waals surface area contributed by atoms with E-state index in [1.165, 1.54) is 18.2 Å². The standard InChI is InChI=1S/C14H17ClN2O5S/c1-14(2,6-5-13(19)20)16-12(18)8-23-11-4-3-9(15)7-10(11)17(21)22/h3-4,7H,5-6,8H2,1-2H3,(H,16,18)(H,19,20). The minimum atomic E-state index is -0.932. The molecule has 0 aliphatic rings. The summed E-state index contributed by atoms with van der Waals surface area (Å²) < 4.78 is 0. The van der Waals surface area contributed by atoms with E-state index in [0.29, 0.717) is 11.3 Å². The molecule has 0 aliphatic carbocycles. The number of carboxylic acid groups (broad SMARTS) is 1. The lowest BCUT2D eigenvalue weighted by molar-refractivity contribution is -0.387. The van der Waals surface area contributed by atoms with E-state index in [2.05, 4.69) is 5.32 Å². The molecule has 7 nitrogen and oxygen atoms in total. The molecule has 1 amide bonds. The number of carbonyl (C=O) groups is 2. The summed E-state index contributed by atoms with van der Waals surface area (Å²) >= 11 is 6.76. The Balaban J connectivity index is 2.63. The smallest absolute Gasteiger partial charge is 0.303 e. The summed E-state index contributed by atoms with van der Waals surface area (Å²) in [6.45, 7) is 3.45. The normalized spacial score (nSPS) is 11.1. The van der Waals surface area contributed by atoms with E-state index in [1.807, 2.05) is 0 Å². The molecule has 0 atom stereocenters. The third-order valence-corrected chi connectivity index (χ3v) is 4.22. The van der Waals surface area contributed by atoms with Gasteiger partial charge in [-0.1, -0.05) is 11.6 Å². The topological polar surface area (TPSA) is 110 Å². The molecular weight excluding hydrogens is 344 g/mol. The number of rotatable bonds is 8. The Labute approximate surface area is 142 Å². The van der Waals surface area contributed by atoms with Crippen LogP contribution < -0.4 is 5.32 Å². The molecule has 9 heteroatoms. The van der Waals surface area contributed by atoms with Crippen molar-refractivity contribution in [3.05, 3.63) is 33.3 Å². The minimum absolute atomic E-state index is 0.0149. The maximum absolute atomic E-state index is 11.9. The van der Waals surface area contributed by atoms with Crippen LogP contribution >= 0.6 is 23.4 Å². The zero-order valence-corrected chi connectivity index (χ0v) is 14.2. The number of nitrogens with zero attached hydrogens (tertiary/aromatic N) is 1. The molecule has 0 heterocycles. The maximum Gasteiger partial charge on any atom is 0.303 e. The quantitative estimate of drug-likeness (QED) is 0.418. The number of nitro groups is 1. The number of hydrogen-bond donors (Lipinski definition) is 2. The number of carboxylic acids is 1. The Bertz CT molecular complexity index is 621. The van der Waals surface area contributed by atoms with Gasteiger partial charge >= 0.3 is 5.97 Å². The summed E-state index contributed by atoms with van der Waals surface area (Å²) in [6, 6.07) is 4.25. The van der Waals surface area contributed by atoms with Gasteiger partial charge in [0.1, 0.15) is 0 Å². The summed E-state index contributed by atoms with van der Waals surface area (Å²) in [6.07, 6.45) is 0.239. The van der Waals surface area contributed by atoms with Gasteiger partial charge in [-0.3, -0.25) is 19.7 Å². The van der Waals surface area contributed by atoms with Gasteiger partial charge < -0.3 is 10.4 Å². The monoisotopic (exact) mass is 360 g/mol. The molecule has 0 fully saturated rings. The molecule has 0 aromatic heterocycles. The number of thioether (sulfide) groups is 1. The van der Waals surface area contributed by atoms with Crippen molar-refractivity contribution in [1.29, 1.82) is 0 Å². The van der Waals surface area contributed by atoms with Crippen LogP contribution in [0.15, 0.2) is 23.1 Å². The first-order chi connectivity index (χ1) is 10.6. The van der Waals surface area contributed by atoms with Crippen LogP contribution in [-0.4, -0.2) is 33.2 Å². The molecule has 23 heavy (non-hydrogen) atoms. The van der Waals surface area contributed by atoms with Crippen LogP contribution in [0.3, 0.4) is 0 Å². The molecule has 126 valence electrons.